The van der Waals surface area contributed by atoms with Gasteiger partial charge in [-0.2, -0.15) is 0 Å². The molecule has 0 unspecified atom stereocenters. The zero-order chi connectivity index (χ0) is 19.4. The van der Waals surface area contributed by atoms with Crippen LogP contribution in [0.2, 0.25) is 0 Å². The molecule has 0 aliphatic rings. The number of ether oxygens (including phenoxy) is 2. The molecule has 0 spiro atoms. The van der Waals surface area contributed by atoms with Gasteiger partial charge in [-0.3, -0.25) is 4.79 Å². The van der Waals surface area contributed by atoms with Crippen LogP contribution < -0.4 is 10.1 Å². The lowest BCUT2D eigenvalue weighted by molar-refractivity contribution is -0.140. The van der Waals surface area contributed by atoms with Gasteiger partial charge in [0.15, 0.2) is 0 Å². The average Bonchev–Trinajstić information content (AvgIpc) is 2.62. The van der Waals surface area contributed by atoms with E-state index in [4.69, 9.17) is 9.47 Å². The summed E-state index contributed by atoms with van der Waals surface area (Å²) in [5.41, 5.74) is 1.04. The Morgan fingerprint density at radius 3 is 2.38 bits per heavy atom. The minimum absolute atomic E-state index is 0.0684. The van der Waals surface area contributed by atoms with Crippen molar-refractivity contribution in [2.75, 3.05) is 18.5 Å². The van der Waals surface area contributed by atoms with E-state index in [1.807, 2.05) is 32.0 Å². The van der Waals surface area contributed by atoms with Gasteiger partial charge in [0.2, 0.25) is 0 Å². The third-order valence-electron chi connectivity index (χ3n) is 4.55. The molecular weight excluding hydrogens is 326 g/mol. The molecule has 4 nitrogen and oxygen atoms in total. The van der Waals surface area contributed by atoms with E-state index in [9.17, 15) is 4.79 Å². The highest BCUT2D eigenvalue weighted by molar-refractivity contribution is 5.97. The van der Waals surface area contributed by atoms with Gasteiger partial charge < -0.3 is 14.8 Å². The number of amides is 1. The van der Waals surface area contributed by atoms with Crippen molar-refractivity contribution in [3.63, 3.8) is 0 Å². The third kappa shape index (κ3) is 7.36. The molecule has 148 valence electrons. The molecule has 0 radical (unpaired) electrons. The van der Waals surface area contributed by atoms with Crippen LogP contribution in [0.1, 0.15) is 78.2 Å². The Kier molecular flexibility index (Phi) is 10.3. The summed E-state index contributed by atoms with van der Waals surface area (Å²) < 4.78 is 11.7. The number of rotatable bonds is 13. The van der Waals surface area contributed by atoms with Crippen LogP contribution in [0.15, 0.2) is 18.2 Å². The first-order valence-electron chi connectivity index (χ1n) is 10.2. The number of hydrogen-bond donors (Lipinski definition) is 1. The second kappa shape index (κ2) is 11.9. The molecule has 0 aliphatic carbocycles. The number of aryl methyl sites for hydroxylation is 1. The summed E-state index contributed by atoms with van der Waals surface area (Å²) >= 11 is 0. The number of carbonyl (C=O) groups excluding carboxylic acids is 1. The molecule has 1 amide bonds. The van der Waals surface area contributed by atoms with Crippen molar-refractivity contribution < 1.29 is 14.3 Å². The minimum atomic E-state index is -0.782. The van der Waals surface area contributed by atoms with Gasteiger partial charge in [0.1, 0.15) is 11.4 Å². The van der Waals surface area contributed by atoms with Crippen molar-refractivity contribution in [3.8, 4) is 5.75 Å². The number of carbonyl (C=O) groups is 1. The molecule has 0 aliphatic heterocycles. The van der Waals surface area contributed by atoms with Gasteiger partial charge in [0.05, 0.1) is 6.61 Å². The van der Waals surface area contributed by atoms with Gasteiger partial charge >= 0.3 is 0 Å². The number of unbranched alkanes of at least 4 members (excludes halogenated alkanes) is 3. The molecule has 0 fully saturated rings. The van der Waals surface area contributed by atoms with Crippen LogP contribution in [0, 0.1) is 6.92 Å². The van der Waals surface area contributed by atoms with Crippen LogP contribution >= 0.6 is 0 Å². The second-order valence-electron chi connectivity index (χ2n) is 7.17. The molecule has 0 saturated heterocycles. The lowest BCUT2D eigenvalue weighted by Gasteiger charge is -2.29. The van der Waals surface area contributed by atoms with E-state index in [-0.39, 0.29) is 5.91 Å². The van der Waals surface area contributed by atoms with Crippen LogP contribution in [0.25, 0.3) is 0 Å². The molecular formula is C22H37NO3. The zero-order valence-electron chi connectivity index (χ0n) is 17.3. The molecule has 1 rings (SSSR count). The van der Waals surface area contributed by atoms with E-state index >= 15 is 0 Å². The molecule has 1 atom stereocenters. The van der Waals surface area contributed by atoms with Crippen molar-refractivity contribution in [2.45, 2.75) is 85.2 Å². The molecule has 1 N–H and O–H groups in total. The lowest BCUT2D eigenvalue weighted by Crippen LogP contribution is -2.43. The third-order valence-corrected chi connectivity index (χ3v) is 4.55. The highest BCUT2D eigenvalue weighted by Gasteiger charge is 2.33. The summed E-state index contributed by atoms with van der Waals surface area (Å²) in [6, 6.07) is 5.80. The Labute approximate surface area is 159 Å². The van der Waals surface area contributed by atoms with E-state index in [0.29, 0.717) is 6.61 Å². The molecule has 0 bridgehead atoms. The maximum atomic E-state index is 12.9. The quantitative estimate of drug-likeness (QED) is 0.445. The summed E-state index contributed by atoms with van der Waals surface area (Å²) in [5, 5.41) is 3.03. The normalized spacial score (nSPS) is 13.3. The van der Waals surface area contributed by atoms with Crippen molar-refractivity contribution in [3.05, 3.63) is 23.8 Å². The highest BCUT2D eigenvalue weighted by Crippen LogP contribution is 2.26. The molecule has 0 saturated carbocycles. The van der Waals surface area contributed by atoms with Crippen LogP contribution in [-0.4, -0.2) is 24.7 Å². The summed E-state index contributed by atoms with van der Waals surface area (Å²) in [6.07, 6.45) is 7.03. The van der Waals surface area contributed by atoms with Crippen molar-refractivity contribution in [1.82, 2.24) is 0 Å². The smallest absolute Gasteiger partial charge is 0.256 e. The fraction of sp³-hybridized carbons (Fsp3) is 0.682. The lowest BCUT2D eigenvalue weighted by atomic mass is 9.96. The maximum absolute atomic E-state index is 12.9. The summed E-state index contributed by atoms with van der Waals surface area (Å²) in [5.74, 6) is 0.811. The Morgan fingerprint density at radius 1 is 1.04 bits per heavy atom. The first-order chi connectivity index (χ1) is 12.5. The topological polar surface area (TPSA) is 47.6 Å². The number of benzene rings is 1. The highest BCUT2D eigenvalue weighted by atomic mass is 16.5. The second-order valence-corrected chi connectivity index (χ2v) is 7.17. The van der Waals surface area contributed by atoms with Crippen molar-refractivity contribution in [1.29, 1.82) is 0 Å². The van der Waals surface area contributed by atoms with Crippen molar-refractivity contribution in [2.24, 2.45) is 0 Å². The predicted octanol–water partition coefficient (Wildman–Crippen LogP) is 5.88. The number of hydrogen-bond acceptors (Lipinski definition) is 3. The van der Waals surface area contributed by atoms with E-state index in [2.05, 4.69) is 26.1 Å². The molecule has 4 heteroatoms. The van der Waals surface area contributed by atoms with E-state index in [0.717, 1.165) is 68.6 Å². The van der Waals surface area contributed by atoms with Gasteiger partial charge in [0, 0.05) is 12.3 Å². The van der Waals surface area contributed by atoms with Crippen molar-refractivity contribution >= 4 is 11.6 Å². The van der Waals surface area contributed by atoms with Crippen LogP contribution in [-0.2, 0) is 9.53 Å². The first kappa shape index (κ1) is 22.5. The predicted molar refractivity (Wildman–Crippen MR) is 109 cm³/mol. The van der Waals surface area contributed by atoms with Gasteiger partial charge in [-0.05, 0) is 56.9 Å². The van der Waals surface area contributed by atoms with Crippen LogP contribution in [0.3, 0.4) is 0 Å². The van der Waals surface area contributed by atoms with Gasteiger partial charge in [0.25, 0.3) is 5.91 Å². The SMILES string of the molecule is CCCCC[C@](C)(OCCC)C(=O)Nc1ccc(OCCCC)c(C)c1. The summed E-state index contributed by atoms with van der Waals surface area (Å²) in [7, 11) is 0. The number of anilines is 1. The van der Waals surface area contributed by atoms with Gasteiger partial charge in [-0.15, -0.1) is 0 Å². The first-order valence-corrected chi connectivity index (χ1v) is 10.2. The fourth-order valence-electron chi connectivity index (χ4n) is 2.77. The molecule has 1 aromatic rings. The Morgan fingerprint density at radius 2 is 1.77 bits per heavy atom. The molecule has 0 aromatic heterocycles. The number of nitrogens with one attached hydrogen (secondary N) is 1. The van der Waals surface area contributed by atoms with E-state index < -0.39 is 5.60 Å². The van der Waals surface area contributed by atoms with Gasteiger partial charge in [-0.25, -0.2) is 0 Å². The fourth-order valence-corrected chi connectivity index (χ4v) is 2.77. The Balaban J connectivity index is 2.76. The molecule has 0 heterocycles. The molecule has 1 aromatic carbocycles. The van der Waals surface area contributed by atoms with E-state index in [1.165, 1.54) is 0 Å². The molecule has 26 heavy (non-hydrogen) atoms. The van der Waals surface area contributed by atoms with Crippen LogP contribution in [0.4, 0.5) is 5.69 Å². The summed E-state index contributed by atoms with van der Waals surface area (Å²) in [6.45, 7) is 11.6. The zero-order valence-corrected chi connectivity index (χ0v) is 17.3. The Hall–Kier alpha value is -1.55. The standard InChI is InChI=1S/C22H37NO3/c1-6-9-11-14-22(5,26-15-8-3)21(24)23-19-12-13-20(18(4)17-19)25-16-10-7-2/h12-13,17H,6-11,14-16H2,1-5H3,(H,23,24)/t22-/m0/s1. The maximum Gasteiger partial charge on any atom is 0.256 e. The van der Waals surface area contributed by atoms with Gasteiger partial charge in [-0.1, -0.05) is 46.5 Å². The largest absolute Gasteiger partial charge is 0.493 e. The van der Waals surface area contributed by atoms with E-state index in [1.54, 1.807) is 0 Å². The average molecular weight is 364 g/mol. The monoisotopic (exact) mass is 363 g/mol. The summed E-state index contributed by atoms with van der Waals surface area (Å²) in [4.78, 5) is 12.9. The Bertz CT molecular complexity index is 544. The van der Waals surface area contributed by atoms with Crippen LogP contribution in [0.5, 0.6) is 5.75 Å². The minimum Gasteiger partial charge on any atom is -0.493 e.